The Hall–Kier alpha value is -2.76. The fourth-order valence-corrected chi connectivity index (χ4v) is 3.56. The van der Waals surface area contributed by atoms with Gasteiger partial charge < -0.3 is 5.11 Å². The van der Waals surface area contributed by atoms with Gasteiger partial charge in [0, 0.05) is 19.1 Å². The first-order chi connectivity index (χ1) is 14.1. The number of aliphatic imine (C=N–C) groups is 1. The molecule has 1 aromatic carbocycles. The van der Waals surface area contributed by atoms with E-state index in [-0.39, 0.29) is 6.54 Å². The number of hydrogen-bond donors (Lipinski definition) is 1. The number of dihydropyridines is 1. The van der Waals surface area contributed by atoms with E-state index in [1.807, 2.05) is 28.9 Å². The molecule has 0 amide bonds. The van der Waals surface area contributed by atoms with Crippen molar-refractivity contribution in [2.45, 2.75) is 64.3 Å². The van der Waals surface area contributed by atoms with Crippen LogP contribution in [-0.2, 0) is 29.6 Å². The second-order valence-electron chi connectivity index (χ2n) is 7.63. The maximum absolute atomic E-state index is 11.9. The van der Waals surface area contributed by atoms with E-state index in [2.05, 4.69) is 18.8 Å². The van der Waals surface area contributed by atoms with Crippen LogP contribution in [-0.4, -0.2) is 38.6 Å². The molecular weight excluding hydrogens is 364 g/mol. The number of carbonyl (C=O) groups is 1. The molecule has 6 nitrogen and oxygen atoms in total. The summed E-state index contributed by atoms with van der Waals surface area (Å²) in [6, 6.07) is 7.77. The maximum Gasteiger partial charge on any atom is 0.319 e. The fraction of sp³-hybridized carbons (Fsp3) is 0.478. The first kappa shape index (κ1) is 21.0. The number of allylic oxidation sites excluding steroid dienone is 1. The Morgan fingerprint density at radius 3 is 2.48 bits per heavy atom. The highest BCUT2D eigenvalue weighted by molar-refractivity contribution is 5.88. The molecule has 1 aliphatic rings. The maximum atomic E-state index is 11.9. The Morgan fingerprint density at radius 1 is 1.14 bits per heavy atom. The molecule has 0 saturated carbocycles. The van der Waals surface area contributed by atoms with Crippen molar-refractivity contribution in [2.75, 3.05) is 6.54 Å². The highest BCUT2D eigenvalue weighted by atomic mass is 16.4. The standard InChI is InChI=1S/C23H30N4O2/c1-3-5-8-20-25-21(9-6-4-2)27(26-20)16-18-10-12-19(13-11-18)23(22(28)29)14-7-15-24-17-23/h7,10-15H,3-6,8-9,16-17H2,1-2H3,(H,28,29). The van der Waals surface area contributed by atoms with Crippen molar-refractivity contribution in [1.29, 1.82) is 0 Å². The van der Waals surface area contributed by atoms with Crippen molar-refractivity contribution < 1.29 is 9.90 Å². The van der Waals surface area contributed by atoms with Crippen molar-refractivity contribution in [3.05, 3.63) is 59.2 Å². The van der Waals surface area contributed by atoms with E-state index in [1.165, 1.54) is 0 Å². The van der Waals surface area contributed by atoms with Gasteiger partial charge in [0.25, 0.3) is 0 Å². The molecule has 1 unspecified atom stereocenters. The van der Waals surface area contributed by atoms with Gasteiger partial charge in [0.1, 0.15) is 11.2 Å². The number of unbranched alkanes of at least 4 members (excludes halogenated alkanes) is 2. The fourth-order valence-electron chi connectivity index (χ4n) is 3.56. The summed E-state index contributed by atoms with van der Waals surface area (Å²) < 4.78 is 2.01. The molecule has 1 aromatic heterocycles. The molecular formula is C23H30N4O2. The van der Waals surface area contributed by atoms with Crippen LogP contribution >= 0.6 is 0 Å². The van der Waals surface area contributed by atoms with Gasteiger partial charge >= 0.3 is 5.97 Å². The topological polar surface area (TPSA) is 80.4 Å². The van der Waals surface area contributed by atoms with Crippen LogP contribution < -0.4 is 0 Å². The van der Waals surface area contributed by atoms with Crippen LogP contribution in [0, 0.1) is 0 Å². The SMILES string of the molecule is CCCCc1nc(CCCC)n(Cc2ccc(C3(C(=O)O)C=CC=NC3)cc2)n1. The van der Waals surface area contributed by atoms with Gasteiger partial charge in [-0.2, -0.15) is 5.10 Å². The van der Waals surface area contributed by atoms with Crippen LogP contribution in [0.4, 0.5) is 0 Å². The summed E-state index contributed by atoms with van der Waals surface area (Å²) in [5.74, 6) is 1.08. The zero-order valence-corrected chi connectivity index (χ0v) is 17.3. The first-order valence-corrected chi connectivity index (χ1v) is 10.5. The van der Waals surface area contributed by atoms with Crippen molar-refractivity contribution in [3.63, 3.8) is 0 Å². The predicted octanol–water partition coefficient (Wildman–Crippen LogP) is 3.97. The molecule has 6 heteroatoms. The molecule has 2 aromatic rings. The number of hydrogen-bond acceptors (Lipinski definition) is 4. The zero-order chi connectivity index (χ0) is 20.7. The third-order valence-corrected chi connectivity index (χ3v) is 5.40. The summed E-state index contributed by atoms with van der Waals surface area (Å²) in [7, 11) is 0. The zero-order valence-electron chi connectivity index (χ0n) is 17.3. The Balaban J connectivity index is 1.80. The molecule has 0 aliphatic carbocycles. The summed E-state index contributed by atoms with van der Waals surface area (Å²) in [6.45, 7) is 5.22. The highest BCUT2D eigenvalue weighted by Crippen LogP contribution is 2.29. The summed E-state index contributed by atoms with van der Waals surface area (Å²) >= 11 is 0. The second kappa shape index (κ2) is 9.63. The van der Waals surface area contributed by atoms with Gasteiger partial charge in [-0.05, 0) is 30.0 Å². The molecule has 1 N–H and O–H groups in total. The highest BCUT2D eigenvalue weighted by Gasteiger charge is 2.38. The smallest absolute Gasteiger partial charge is 0.319 e. The Bertz CT molecular complexity index is 883. The molecule has 29 heavy (non-hydrogen) atoms. The average Bonchev–Trinajstić information content (AvgIpc) is 3.13. The van der Waals surface area contributed by atoms with Gasteiger partial charge in [-0.1, -0.05) is 57.0 Å². The van der Waals surface area contributed by atoms with Gasteiger partial charge in [0.15, 0.2) is 5.82 Å². The molecule has 154 valence electrons. The van der Waals surface area contributed by atoms with E-state index < -0.39 is 11.4 Å². The van der Waals surface area contributed by atoms with E-state index in [0.29, 0.717) is 6.54 Å². The van der Waals surface area contributed by atoms with Gasteiger partial charge in [-0.25, -0.2) is 9.67 Å². The lowest BCUT2D eigenvalue weighted by molar-refractivity contribution is -0.141. The Morgan fingerprint density at radius 2 is 1.86 bits per heavy atom. The predicted molar refractivity (Wildman–Crippen MR) is 115 cm³/mol. The molecule has 1 atom stereocenters. The molecule has 0 fully saturated rings. The van der Waals surface area contributed by atoms with Crippen LogP contribution in [0.1, 0.15) is 62.3 Å². The lowest BCUT2D eigenvalue weighted by Crippen LogP contribution is -2.38. The molecule has 0 saturated heterocycles. The van der Waals surface area contributed by atoms with Crippen LogP contribution in [0.25, 0.3) is 0 Å². The number of carboxylic acid groups (broad SMARTS) is 1. The number of aryl methyl sites for hydroxylation is 2. The lowest BCUT2D eigenvalue weighted by atomic mass is 9.79. The van der Waals surface area contributed by atoms with Gasteiger partial charge in [-0.15, -0.1) is 0 Å². The van der Waals surface area contributed by atoms with E-state index in [9.17, 15) is 9.90 Å². The molecule has 0 spiro atoms. The van der Waals surface area contributed by atoms with Crippen LogP contribution in [0.15, 0.2) is 41.4 Å². The van der Waals surface area contributed by atoms with Crippen LogP contribution in [0.5, 0.6) is 0 Å². The minimum absolute atomic E-state index is 0.225. The largest absolute Gasteiger partial charge is 0.480 e. The van der Waals surface area contributed by atoms with Crippen LogP contribution in [0.2, 0.25) is 0 Å². The van der Waals surface area contributed by atoms with E-state index >= 15 is 0 Å². The number of nitrogens with zero attached hydrogens (tertiary/aromatic N) is 4. The first-order valence-electron chi connectivity index (χ1n) is 10.5. The minimum atomic E-state index is -1.08. The van der Waals surface area contributed by atoms with E-state index in [0.717, 1.165) is 61.3 Å². The third-order valence-electron chi connectivity index (χ3n) is 5.40. The second-order valence-corrected chi connectivity index (χ2v) is 7.63. The third kappa shape index (κ3) is 4.81. The van der Waals surface area contributed by atoms with Gasteiger partial charge in [0.2, 0.25) is 0 Å². The summed E-state index contributed by atoms with van der Waals surface area (Å²) in [5.41, 5.74) is 0.748. The number of benzene rings is 1. The van der Waals surface area contributed by atoms with Crippen molar-refractivity contribution >= 4 is 12.2 Å². The molecule has 0 radical (unpaired) electrons. The summed E-state index contributed by atoms with van der Waals surface area (Å²) in [6.07, 6.45) is 11.4. The monoisotopic (exact) mass is 394 g/mol. The Kier molecular flexibility index (Phi) is 6.96. The summed E-state index contributed by atoms with van der Waals surface area (Å²) in [4.78, 5) is 20.9. The normalized spacial score (nSPS) is 18.3. The molecule has 3 rings (SSSR count). The van der Waals surface area contributed by atoms with Crippen molar-refractivity contribution in [3.8, 4) is 0 Å². The number of aromatic nitrogens is 3. The number of aliphatic carboxylic acids is 1. The number of carboxylic acids is 1. The van der Waals surface area contributed by atoms with Crippen molar-refractivity contribution in [2.24, 2.45) is 4.99 Å². The Labute approximate surface area is 172 Å². The quantitative estimate of drug-likeness (QED) is 0.661. The van der Waals surface area contributed by atoms with E-state index in [4.69, 9.17) is 10.1 Å². The van der Waals surface area contributed by atoms with Crippen LogP contribution in [0.3, 0.4) is 0 Å². The minimum Gasteiger partial charge on any atom is -0.480 e. The molecule has 2 heterocycles. The summed E-state index contributed by atoms with van der Waals surface area (Å²) in [5, 5.41) is 14.5. The lowest BCUT2D eigenvalue weighted by Gasteiger charge is -2.26. The number of rotatable bonds is 10. The molecule has 1 aliphatic heterocycles. The average molecular weight is 395 g/mol. The van der Waals surface area contributed by atoms with Gasteiger partial charge in [0.05, 0.1) is 13.1 Å². The molecule has 0 bridgehead atoms. The van der Waals surface area contributed by atoms with Crippen molar-refractivity contribution in [1.82, 2.24) is 14.8 Å². The van der Waals surface area contributed by atoms with Gasteiger partial charge in [-0.3, -0.25) is 9.79 Å². The van der Waals surface area contributed by atoms with E-state index in [1.54, 1.807) is 18.4 Å².